The van der Waals surface area contributed by atoms with Crippen molar-refractivity contribution >= 4 is 22.8 Å². The lowest BCUT2D eigenvalue weighted by Gasteiger charge is -2.35. The average Bonchev–Trinajstić information content (AvgIpc) is 3.45. The van der Waals surface area contributed by atoms with Gasteiger partial charge in [0.05, 0.1) is 24.6 Å². The number of furan rings is 1. The molecule has 34 heavy (non-hydrogen) atoms. The van der Waals surface area contributed by atoms with Crippen LogP contribution in [-0.2, 0) is 11.3 Å². The van der Waals surface area contributed by atoms with Crippen molar-refractivity contribution in [3.05, 3.63) is 54.3 Å². The largest absolute Gasteiger partial charge is 0.490 e. The molecule has 0 fully saturated rings. The summed E-state index contributed by atoms with van der Waals surface area (Å²) in [6, 6.07) is 9.81. The number of carbonyl (C=O) groups is 2. The minimum atomic E-state index is -5.08. The number of carbonyl (C=O) groups excluding carboxylic acids is 1. The van der Waals surface area contributed by atoms with Gasteiger partial charge in [0.25, 0.3) is 5.91 Å². The Bertz CT molecular complexity index is 1090. The van der Waals surface area contributed by atoms with Gasteiger partial charge in [0.15, 0.2) is 5.76 Å². The van der Waals surface area contributed by atoms with E-state index in [-0.39, 0.29) is 11.9 Å². The summed E-state index contributed by atoms with van der Waals surface area (Å²) in [5.41, 5.74) is 1.83. The van der Waals surface area contributed by atoms with Crippen molar-refractivity contribution in [3.63, 3.8) is 0 Å². The lowest BCUT2D eigenvalue weighted by atomic mass is 10.1. The number of para-hydroxylation sites is 1. The lowest BCUT2D eigenvalue weighted by molar-refractivity contribution is -0.192. The van der Waals surface area contributed by atoms with Crippen LogP contribution >= 0.6 is 0 Å². The molecule has 8 nitrogen and oxygen atoms in total. The predicted octanol–water partition coefficient (Wildman–Crippen LogP) is 4.19. The van der Waals surface area contributed by atoms with E-state index in [1.807, 2.05) is 47.8 Å². The molecule has 4 rings (SSSR count). The van der Waals surface area contributed by atoms with E-state index in [0.717, 1.165) is 42.7 Å². The molecule has 3 aromatic rings. The Labute approximate surface area is 194 Å². The maximum absolute atomic E-state index is 13.1. The van der Waals surface area contributed by atoms with Crippen molar-refractivity contribution in [2.24, 2.45) is 0 Å². The molecule has 1 aliphatic heterocycles. The molecule has 1 N–H and O–H groups in total. The molecule has 1 amide bonds. The number of rotatable bonds is 6. The fourth-order valence-corrected chi connectivity index (χ4v) is 3.89. The van der Waals surface area contributed by atoms with Gasteiger partial charge in [-0.15, -0.1) is 0 Å². The maximum atomic E-state index is 13.1. The zero-order chi connectivity index (χ0) is 24.9. The molecular formula is C23H27F3N4O4. The summed E-state index contributed by atoms with van der Waals surface area (Å²) in [7, 11) is 0. The van der Waals surface area contributed by atoms with E-state index < -0.39 is 12.1 Å². The Balaban J connectivity index is 0.000000406. The SMILES string of the molecule is CCN(CC)CCC1CN(C(=O)c2cc3ccccc3o2)Cc2cncn21.O=C(O)C(F)(F)F. The molecule has 11 heteroatoms. The normalized spacial score (nSPS) is 15.7. The van der Waals surface area contributed by atoms with Gasteiger partial charge < -0.3 is 23.9 Å². The van der Waals surface area contributed by atoms with Crippen LogP contribution in [0.15, 0.2) is 47.3 Å². The second-order valence-corrected chi connectivity index (χ2v) is 7.90. The van der Waals surface area contributed by atoms with Gasteiger partial charge in [0, 0.05) is 24.7 Å². The number of aliphatic carboxylic acids is 1. The number of halogens is 3. The molecule has 1 aliphatic rings. The minimum absolute atomic E-state index is 0.0495. The summed E-state index contributed by atoms with van der Waals surface area (Å²) in [6.45, 7) is 8.72. The molecular weight excluding hydrogens is 453 g/mol. The summed E-state index contributed by atoms with van der Waals surface area (Å²) in [6.07, 6.45) is -0.331. The highest BCUT2D eigenvalue weighted by atomic mass is 19.4. The van der Waals surface area contributed by atoms with E-state index in [2.05, 4.69) is 28.3 Å². The van der Waals surface area contributed by atoms with Gasteiger partial charge in [-0.05, 0) is 31.6 Å². The Morgan fingerprint density at radius 1 is 1.24 bits per heavy atom. The third-order valence-corrected chi connectivity index (χ3v) is 5.76. The van der Waals surface area contributed by atoms with Crippen LogP contribution in [0.4, 0.5) is 13.2 Å². The second kappa shape index (κ2) is 10.7. The second-order valence-electron chi connectivity index (χ2n) is 7.90. The number of imidazole rings is 1. The molecule has 1 unspecified atom stereocenters. The van der Waals surface area contributed by atoms with Crippen LogP contribution in [0.25, 0.3) is 11.0 Å². The molecule has 1 atom stereocenters. The first-order chi connectivity index (χ1) is 16.1. The summed E-state index contributed by atoms with van der Waals surface area (Å²) in [5, 5.41) is 8.08. The number of hydrogen-bond donors (Lipinski definition) is 1. The molecule has 1 aromatic carbocycles. The van der Waals surface area contributed by atoms with Crippen molar-refractivity contribution < 1.29 is 32.3 Å². The van der Waals surface area contributed by atoms with Crippen LogP contribution in [0, 0.1) is 0 Å². The molecule has 2 aromatic heterocycles. The number of nitrogens with zero attached hydrogens (tertiary/aromatic N) is 4. The van der Waals surface area contributed by atoms with Crippen molar-refractivity contribution in [2.75, 3.05) is 26.2 Å². The van der Waals surface area contributed by atoms with Crippen molar-refractivity contribution in [1.29, 1.82) is 0 Å². The first kappa shape index (κ1) is 25.3. The minimum Gasteiger partial charge on any atom is -0.475 e. The van der Waals surface area contributed by atoms with E-state index in [9.17, 15) is 18.0 Å². The zero-order valence-corrected chi connectivity index (χ0v) is 19.0. The highest BCUT2D eigenvalue weighted by molar-refractivity contribution is 5.96. The van der Waals surface area contributed by atoms with Gasteiger partial charge >= 0.3 is 12.1 Å². The smallest absolute Gasteiger partial charge is 0.475 e. The van der Waals surface area contributed by atoms with Crippen LogP contribution < -0.4 is 0 Å². The number of amides is 1. The van der Waals surface area contributed by atoms with Gasteiger partial charge in [-0.25, -0.2) is 9.78 Å². The van der Waals surface area contributed by atoms with Crippen LogP contribution in [0.3, 0.4) is 0 Å². The molecule has 0 saturated heterocycles. The Morgan fingerprint density at radius 3 is 2.53 bits per heavy atom. The molecule has 0 saturated carbocycles. The van der Waals surface area contributed by atoms with Gasteiger partial charge in [-0.3, -0.25) is 4.79 Å². The average molecular weight is 480 g/mol. The van der Waals surface area contributed by atoms with Gasteiger partial charge in [-0.2, -0.15) is 13.2 Å². The molecule has 0 radical (unpaired) electrons. The summed E-state index contributed by atoms with van der Waals surface area (Å²) < 4.78 is 39.8. The van der Waals surface area contributed by atoms with Crippen LogP contribution in [0.5, 0.6) is 0 Å². The highest BCUT2D eigenvalue weighted by Crippen LogP contribution is 2.27. The lowest BCUT2D eigenvalue weighted by Crippen LogP contribution is -2.41. The zero-order valence-electron chi connectivity index (χ0n) is 19.0. The van der Waals surface area contributed by atoms with Crippen molar-refractivity contribution in [3.8, 4) is 0 Å². The van der Waals surface area contributed by atoms with Crippen LogP contribution in [0.2, 0.25) is 0 Å². The van der Waals surface area contributed by atoms with Gasteiger partial charge in [0.1, 0.15) is 5.58 Å². The summed E-state index contributed by atoms with van der Waals surface area (Å²) in [5.74, 6) is -2.40. The maximum Gasteiger partial charge on any atom is 0.490 e. The first-order valence-electron chi connectivity index (χ1n) is 10.9. The third-order valence-electron chi connectivity index (χ3n) is 5.76. The number of benzene rings is 1. The van der Waals surface area contributed by atoms with Gasteiger partial charge in [0.2, 0.25) is 0 Å². The number of aromatic nitrogens is 2. The Hall–Kier alpha value is -3.34. The monoisotopic (exact) mass is 480 g/mol. The summed E-state index contributed by atoms with van der Waals surface area (Å²) in [4.78, 5) is 30.6. The van der Waals surface area contributed by atoms with Crippen molar-refractivity contribution in [2.45, 2.75) is 39.0 Å². The number of hydrogen-bond acceptors (Lipinski definition) is 5. The Kier molecular flexibility index (Phi) is 7.98. The van der Waals surface area contributed by atoms with E-state index >= 15 is 0 Å². The van der Waals surface area contributed by atoms with Gasteiger partial charge in [-0.1, -0.05) is 32.0 Å². The van der Waals surface area contributed by atoms with Crippen LogP contribution in [-0.4, -0.2) is 68.7 Å². The number of fused-ring (bicyclic) bond motifs is 2. The topological polar surface area (TPSA) is 91.8 Å². The standard InChI is InChI=1S/C21H26N4O2.C2HF3O2/c1-3-23(4-2)10-9-17-13-24(14-18-12-22-15-25(17)18)21(26)20-11-16-7-5-6-8-19(16)27-20;3-2(4,5)1(6)7/h5-8,11-12,15,17H,3-4,9-10,13-14H2,1-2H3;(H,6,7). The fourth-order valence-electron chi connectivity index (χ4n) is 3.89. The number of alkyl halides is 3. The Morgan fingerprint density at radius 2 is 1.91 bits per heavy atom. The van der Waals surface area contributed by atoms with Crippen molar-refractivity contribution in [1.82, 2.24) is 19.4 Å². The highest BCUT2D eigenvalue weighted by Gasteiger charge is 2.38. The predicted molar refractivity (Wildman–Crippen MR) is 118 cm³/mol. The quantitative estimate of drug-likeness (QED) is 0.569. The number of carboxylic acid groups (broad SMARTS) is 1. The molecule has 184 valence electrons. The van der Waals surface area contributed by atoms with E-state index in [4.69, 9.17) is 14.3 Å². The van der Waals surface area contributed by atoms with E-state index in [1.54, 1.807) is 0 Å². The molecule has 0 spiro atoms. The van der Waals surface area contributed by atoms with E-state index in [1.165, 1.54) is 0 Å². The fraction of sp³-hybridized carbons (Fsp3) is 0.435. The summed E-state index contributed by atoms with van der Waals surface area (Å²) >= 11 is 0. The first-order valence-corrected chi connectivity index (χ1v) is 10.9. The van der Waals surface area contributed by atoms with E-state index in [0.29, 0.717) is 18.8 Å². The molecule has 0 aliphatic carbocycles. The van der Waals surface area contributed by atoms with Crippen LogP contribution in [0.1, 0.15) is 42.6 Å². The third kappa shape index (κ3) is 5.96. The molecule has 0 bridgehead atoms. The number of carboxylic acids is 1. The molecule has 3 heterocycles.